The zero-order valence-electron chi connectivity index (χ0n) is 30.6. The van der Waals surface area contributed by atoms with Crippen molar-refractivity contribution in [2.24, 2.45) is 0 Å². The summed E-state index contributed by atoms with van der Waals surface area (Å²) in [5, 5.41) is 16.2. The van der Waals surface area contributed by atoms with Crippen LogP contribution in [0.5, 0.6) is 17.2 Å². The second kappa shape index (κ2) is 16.6. The third kappa shape index (κ3) is 7.75. The molecule has 2 heterocycles. The van der Waals surface area contributed by atoms with Crippen LogP contribution in [0.4, 0.5) is 5.82 Å². The van der Waals surface area contributed by atoms with Gasteiger partial charge in [0.25, 0.3) is 0 Å². The Morgan fingerprint density at radius 3 is 1.61 bits per heavy atom. The second-order valence-electron chi connectivity index (χ2n) is 12.9. The van der Waals surface area contributed by atoms with Gasteiger partial charge in [-0.05, 0) is 64.2 Å². The highest BCUT2D eigenvalue weighted by molar-refractivity contribution is 5.64. The van der Waals surface area contributed by atoms with Gasteiger partial charge in [0.15, 0.2) is 11.5 Å². The van der Waals surface area contributed by atoms with Crippen LogP contribution in [-0.4, -0.2) is 58.7 Å². The average Bonchev–Trinajstić information content (AvgIpc) is 3.65. The number of hydrogen-bond donors (Lipinski definition) is 1. The molecular weight excluding hydrogens is 679 g/mol. The summed E-state index contributed by atoms with van der Waals surface area (Å²) in [4.78, 5) is 11.7. The Labute approximate surface area is 315 Å². The van der Waals surface area contributed by atoms with E-state index in [0.717, 1.165) is 50.8 Å². The molecule has 5 aromatic carbocycles. The number of anilines is 1. The van der Waals surface area contributed by atoms with Gasteiger partial charge in [-0.15, -0.1) is 0 Å². The van der Waals surface area contributed by atoms with E-state index in [2.05, 4.69) is 34.3 Å². The van der Waals surface area contributed by atoms with Crippen molar-refractivity contribution in [1.82, 2.24) is 19.6 Å². The molecule has 0 spiro atoms. The lowest BCUT2D eigenvalue weighted by atomic mass is 9.80. The lowest BCUT2D eigenvalue weighted by molar-refractivity contribution is -0.0379. The number of aromatic nitrogens is 4. The van der Waals surface area contributed by atoms with E-state index >= 15 is 0 Å². The molecule has 0 amide bonds. The third-order valence-corrected chi connectivity index (χ3v) is 9.51. The van der Waals surface area contributed by atoms with Gasteiger partial charge in [-0.1, -0.05) is 97.1 Å². The minimum Gasteiger partial charge on any atom is -0.497 e. The maximum atomic E-state index is 11.7. The van der Waals surface area contributed by atoms with Crippen molar-refractivity contribution in [3.63, 3.8) is 0 Å². The Bertz CT molecular complexity index is 2140. The largest absolute Gasteiger partial charge is 0.497 e. The first-order chi connectivity index (χ1) is 26.5. The maximum Gasteiger partial charge on any atom is 0.197 e. The van der Waals surface area contributed by atoms with Crippen molar-refractivity contribution in [1.29, 1.82) is 0 Å². The molecule has 1 N–H and O–H groups in total. The number of fused-ring (bicyclic) bond motifs is 1. The smallest absolute Gasteiger partial charge is 0.197 e. The third-order valence-electron chi connectivity index (χ3n) is 9.51. The van der Waals surface area contributed by atoms with Crippen molar-refractivity contribution >= 4 is 11.5 Å². The van der Waals surface area contributed by atoms with Crippen LogP contribution in [0.1, 0.15) is 33.5 Å². The van der Waals surface area contributed by atoms with E-state index in [4.69, 9.17) is 28.9 Å². The number of rotatable bonds is 16. The Morgan fingerprint density at radius 2 is 1.11 bits per heavy atom. The first kappa shape index (κ1) is 36.1. The fourth-order valence-electron chi connectivity index (χ4n) is 6.77. The van der Waals surface area contributed by atoms with Gasteiger partial charge in [0, 0.05) is 19.5 Å². The number of ether oxygens (including phenoxy) is 4. The Hall–Kier alpha value is -6.23. The van der Waals surface area contributed by atoms with E-state index in [9.17, 15) is 5.11 Å². The van der Waals surface area contributed by atoms with Gasteiger partial charge in [-0.2, -0.15) is 5.10 Å². The molecule has 0 aliphatic carbocycles. The average molecular weight is 722 g/mol. The lowest BCUT2D eigenvalue weighted by Gasteiger charge is -2.36. The molecule has 10 nitrogen and oxygen atoms in total. The predicted molar refractivity (Wildman–Crippen MR) is 208 cm³/mol. The van der Waals surface area contributed by atoms with E-state index in [0.29, 0.717) is 24.6 Å². The van der Waals surface area contributed by atoms with Gasteiger partial charge in [-0.25, -0.2) is 14.5 Å². The van der Waals surface area contributed by atoms with E-state index < -0.39 is 11.7 Å². The van der Waals surface area contributed by atoms with Crippen molar-refractivity contribution in [2.75, 3.05) is 32.8 Å². The molecule has 0 radical (unpaired) electrons. The van der Waals surface area contributed by atoms with Crippen LogP contribution >= 0.6 is 0 Å². The minimum atomic E-state index is -1.01. The first-order valence-corrected chi connectivity index (χ1v) is 17.8. The van der Waals surface area contributed by atoms with Crippen LogP contribution in [0.25, 0.3) is 5.65 Å². The topological polar surface area (TPSA) is 103 Å². The fourth-order valence-corrected chi connectivity index (χ4v) is 6.77. The number of methoxy groups -OCH3 is 3. The quantitative estimate of drug-likeness (QED) is 0.103. The summed E-state index contributed by atoms with van der Waals surface area (Å²) in [6, 6.07) is 44.0. The standard InChI is InChI=1S/C44H43N5O5/c1-51-39-20-14-32(15-21-39)28-48(29-33-16-22-40(52-2)23-17-33)42-43-45-27-37(49(43)47-31-46-42)26-38(50)30-54-44(34-10-6-4-7-11-34,35-12-8-5-9-13-35)36-18-24-41(53-3)25-19-36/h4-25,27,31,38,50H,26,28-30H2,1-3H3. The molecule has 0 aliphatic rings. The van der Waals surface area contributed by atoms with E-state index in [-0.39, 0.29) is 13.0 Å². The van der Waals surface area contributed by atoms with Crippen molar-refractivity contribution < 1.29 is 24.1 Å². The molecule has 0 fully saturated rings. The van der Waals surface area contributed by atoms with Crippen LogP contribution in [0.2, 0.25) is 0 Å². The monoisotopic (exact) mass is 721 g/mol. The molecule has 7 rings (SSSR count). The van der Waals surface area contributed by atoms with E-state index in [1.165, 1.54) is 6.33 Å². The minimum absolute atomic E-state index is 0.0298. The van der Waals surface area contributed by atoms with Crippen molar-refractivity contribution in [2.45, 2.75) is 31.2 Å². The van der Waals surface area contributed by atoms with Gasteiger partial charge in [0.05, 0.1) is 45.9 Å². The zero-order valence-corrected chi connectivity index (χ0v) is 30.6. The highest BCUT2D eigenvalue weighted by atomic mass is 16.5. The molecule has 7 aromatic rings. The number of imidazole rings is 1. The zero-order chi connectivity index (χ0) is 37.3. The molecular formula is C44H43N5O5. The molecule has 0 bridgehead atoms. The number of nitrogens with zero attached hydrogens (tertiary/aromatic N) is 5. The summed E-state index contributed by atoms with van der Waals surface area (Å²) in [6.45, 7) is 1.16. The summed E-state index contributed by atoms with van der Waals surface area (Å²) in [5.41, 5.74) is 5.26. The Morgan fingerprint density at radius 1 is 0.630 bits per heavy atom. The fraction of sp³-hybridized carbons (Fsp3) is 0.205. The molecule has 2 aromatic heterocycles. The Balaban J connectivity index is 1.18. The van der Waals surface area contributed by atoms with Crippen molar-refractivity contribution in [3.05, 3.63) is 179 Å². The Kier molecular flexibility index (Phi) is 11.1. The maximum absolute atomic E-state index is 11.7. The number of aliphatic hydroxyl groups excluding tert-OH is 1. The molecule has 0 saturated heterocycles. The normalized spacial score (nSPS) is 12.0. The second-order valence-corrected chi connectivity index (χ2v) is 12.9. The highest BCUT2D eigenvalue weighted by Crippen LogP contribution is 2.41. The van der Waals surface area contributed by atoms with Crippen molar-refractivity contribution in [3.8, 4) is 17.2 Å². The van der Waals surface area contributed by atoms with Gasteiger partial charge in [0.2, 0.25) is 0 Å². The number of benzene rings is 5. The summed E-state index contributed by atoms with van der Waals surface area (Å²) in [7, 11) is 4.97. The molecule has 54 heavy (non-hydrogen) atoms. The SMILES string of the molecule is COc1ccc(CN(Cc2ccc(OC)cc2)c2ncnn3c(CC(O)COC(c4ccccc4)(c4ccccc4)c4ccc(OC)cc4)cnc23)cc1. The van der Waals surface area contributed by atoms with Gasteiger partial charge in [0.1, 0.15) is 29.2 Å². The summed E-state index contributed by atoms with van der Waals surface area (Å²) in [6.07, 6.45) is 2.64. The summed E-state index contributed by atoms with van der Waals surface area (Å²) >= 11 is 0. The van der Waals surface area contributed by atoms with Crippen LogP contribution < -0.4 is 19.1 Å². The molecule has 10 heteroatoms. The number of hydrogen-bond acceptors (Lipinski definition) is 9. The highest BCUT2D eigenvalue weighted by Gasteiger charge is 2.38. The predicted octanol–water partition coefficient (Wildman–Crippen LogP) is 7.27. The first-order valence-electron chi connectivity index (χ1n) is 17.8. The van der Waals surface area contributed by atoms with Crippen LogP contribution in [0.3, 0.4) is 0 Å². The van der Waals surface area contributed by atoms with Crippen LogP contribution in [0, 0.1) is 0 Å². The summed E-state index contributed by atoms with van der Waals surface area (Å²) < 4.78 is 24.9. The van der Waals surface area contributed by atoms with E-state index in [1.54, 1.807) is 32.0 Å². The molecule has 1 unspecified atom stereocenters. The number of aliphatic hydroxyl groups is 1. The van der Waals surface area contributed by atoms with E-state index in [1.807, 2.05) is 109 Å². The molecule has 0 aliphatic heterocycles. The lowest BCUT2D eigenvalue weighted by Crippen LogP contribution is -2.36. The van der Waals surface area contributed by atoms with Gasteiger partial charge in [-0.3, -0.25) is 0 Å². The van der Waals surface area contributed by atoms with Crippen LogP contribution in [0.15, 0.2) is 146 Å². The van der Waals surface area contributed by atoms with Crippen LogP contribution in [-0.2, 0) is 29.8 Å². The van der Waals surface area contributed by atoms with Gasteiger partial charge < -0.3 is 29.0 Å². The van der Waals surface area contributed by atoms with Gasteiger partial charge >= 0.3 is 0 Å². The molecule has 1 atom stereocenters. The summed E-state index contributed by atoms with van der Waals surface area (Å²) in [5.74, 6) is 2.99. The molecule has 0 saturated carbocycles. The molecule has 274 valence electrons.